The first kappa shape index (κ1) is 15.5. The molecule has 0 spiro atoms. The van der Waals surface area contributed by atoms with Crippen LogP contribution >= 0.6 is 0 Å². The van der Waals surface area contributed by atoms with Crippen LogP contribution in [-0.4, -0.2) is 30.7 Å². The Balaban J connectivity index is 2.71. The molecule has 0 fully saturated rings. The molecule has 2 aromatic rings. The van der Waals surface area contributed by atoms with Crippen molar-refractivity contribution in [3.05, 3.63) is 63.6 Å². The fourth-order valence-electron chi connectivity index (χ4n) is 2.12. The van der Waals surface area contributed by atoms with Gasteiger partial charge in [0, 0.05) is 24.0 Å². The first-order chi connectivity index (χ1) is 10.5. The summed E-state index contributed by atoms with van der Waals surface area (Å²) in [7, 11) is 2.55. The van der Waals surface area contributed by atoms with E-state index in [2.05, 4.69) is 4.74 Å². The maximum absolute atomic E-state index is 11.9. The van der Waals surface area contributed by atoms with Crippen molar-refractivity contribution in [3.8, 4) is 5.69 Å². The zero-order valence-electron chi connectivity index (χ0n) is 12.5. The van der Waals surface area contributed by atoms with Crippen molar-refractivity contribution < 1.29 is 19.1 Å². The number of esters is 2. The van der Waals surface area contributed by atoms with E-state index in [1.165, 1.54) is 44.6 Å². The van der Waals surface area contributed by atoms with Crippen molar-refractivity contribution in [3.63, 3.8) is 0 Å². The molecule has 0 saturated carbocycles. The Morgan fingerprint density at radius 2 is 1.68 bits per heavy atom. The number of aryl methyl sites for hydroxylation is 1. The van der Waals surface area contributed by atoms with Gasteiger partial charge in [-0.25, -0.2) is 9.59 Å². The Morgan fingerprint density at radius 3 is 2.27 bits per heavy atom. The molecule has 2 rings (SSSR count). The van der Waals surface area contributed by atoms with Gasteiger partial charge >= 0.3 is 11.9 Å². The van der Waals surface area contributed by atoms with Gasteiger partial charge in [-0.1, -0.05) is 0 Å². The minimum absolute atomic E-state index is 0.141. The first-order valence-electron chi connectivity index (χ1n) is 6.48. The Labute approximate surface area is 126 Å². The number of pyridine rings is 1. The fourth-order valence-corrected chi connectivity index (χ4v) is 2.12. The molecular weight excluding hydrogens is 286 g/mol. The van der Waals surface area contributed by atoms with Crippen molar-refractivity contribution >= 4 is 11.9 Å². The molecule has 1 aromatic carbocycles. The SMILES string of the molecule is COC(=O)c1ccc(C(=O)OC)c(-n2ccc(=O)cc2C)c1. The number of hydrogen-bond donors (Lipinski definition) is 0. The van der Waals surface area contributed by atoms with E-state index in [1.54, 1.807) is 17.7 Å². The number of hydrogen-bond acceptors (Lipinski definition) is 5. The van der Waals surface area contributed by atoms with Gasteiger partial charge < -0.3 is 14.0 Å². The number of ether oxygens (including phenoxy) is 2. The van der Waals surface area contributed by atoms with Gasteiger partial charge in [0.15, 0.2) is 5.43 Å². The topological polar surface area (TPSA) is 74.6 Å². The molecule has 6 nitrogen and oxygen atoms in total. The molecule has 114 valence electrons. The van der Waals surface area contributed by atoms with Crippen LogP contribution in [0.5, 0.6) is 0 Å². The molecule has 22 heavy (non-hydrogen) atoms. The van der Waals surface area contributed by atoms with Gasteiger partial charge in [-0.05, 0) is 25.1 Å². The van der Waals surface area contributed by atoms with Crippen molar-refractivity contribution in [1.29, 1.82) is 0 Å². The third kappa shape index (κ3) is 2.90. The highest BCUT2D eigenvalue weighted by Crippen LogP contribution is 2.20. The summed E-state index contributed by atoms with van der Waals surface area (Å²) in [6, 6.07) is 7.31. The van der Waals surface area contributed by atoms with Gasteiger partial charge in [0.05, 0.1) is 31.0 Å². The summed E-state index contributed by atoms with van der Waals surface area (Å²) in [6.07, 6.45) is 1.54. The molecule has 0 aliphatic rings. The summed E-state index contributed by atoms with van der Waals surface area (Å²) in [4.78, 5) is 35.0. The summed E-state index contributed by atoms with van der Waals surface area (Å²) in [5.41, 5.74) is 1.49. The lowest BCUT2D eigenvalue weighted by Gasteiger charge is -2.15. The number of benzene rings is 1. The van der Waals surface area contributed by atoms with Crippen LogP contribution in [0.25, 0.3) is 5.69 Å². The molecular formula is C16H15NO5. The molecule has 0 N–H and O–H groups in total. The molecule has 0 unspecified atom stereocenters. The number of carbonyl (C=O) groups excluding carboxylic acids is 2. The summed E-state index contributed by atoms with van der Waals surface area (Å²) in [6.45, 7) is 1.73. The maximum atomic E-state index is 11.9. The van der Waals surface area contributed by atoms with Crippen molar-refractivity contribution in [2.75, 3.05) is 14.2 Å². The van der Waals surface area contributed by atoms with Gasteiger partial charge in [0.2, 0.25) is 0 Å². The van der Waals surface area contributed by atoms with Crippen LogP contribution in [0.2, 0.25) is 0 Å². The number of nitrogens with zero attached hydrogens (tertiary/aromatic N) is 1. The van der Waals surface area contributed by atoms with E-state index in [-0.39, 0.29) is 11.0 Å². The second kappa shape index (κ2) is 6.26. The summed E-state index contributed by atoms with van der Waals surface area (Å²) in [5.74, 6) is -1.05. The largest absolute Gasteiger partial charge is 0.465 e. The summed E-state index contributed by atoms with van der Waals surface area (Å²) < 4.78 is 11.1. The molecule has 0 radical (unpaired) electrons. The number of aromatic nitrogens is 1. The molecule has 0 bridgehead atoms. The average Bonchev–Trinajstić information content (AvgIpc) is 2.53. The molecule has 0 atom stereocenters. The highest BCUT2D eigenvalue weighted by molar-refractivity contribution is 5.97. The second-order valence-electron chi connectivity index (χ2n) is 4.59. The Hall–Kier alpha value is -2.89. The molecule has 0 aliphatic carbocycles. The monoisotopic (exact) mass is 301 g/mol. The fraction of sp³-hybridized carbons (Fsp3) is 0.188. The van der Waals surface area contributed by atoms with E-state index in [0.29, 0.717) is 16.9 Å². The molecule has 0 amide bonds. The van der Waals surface area contributed by atoms with Crippen LogP contribution in [0.15, 0.2) is 41.3 Å². The van der Waals surface area contributed by atoms with Crippen LogP contribution in [0.4, 0.5) is 0 Å². The first-order valence-corrected chi connectivity index (χ1v) is 6.48. The van der Waals surface area contributed by atoms with E-state index >= 15 is 0 Å². The Bertz CT molecular complexity index is 791. The van der Waals surface area contributed by atoms with Gasteiger partial charge in [-0.2, -0.15) is 0 Å². The maximum Gasteiger partial charge on any atom is 0.339 e. The van der Waals surface area contributed by atoms with E-state index < -0.39 is 11.9 Å². The highest BCUT2D eigenvalue weighted by Gasteiger charge is 2.17. The van der Waals surface area contributed by atoms with Crippen molar-refractivity contribution in [2.24, 2.45) is 0 Å². The van der Waals surface area contributed by atoms with Crippen molar-refractivity contribution in [1.82, 2.24) is 4.57 Å². The molecule has 0 aliphatic heterocycles. The zero-order valence-corrected chi connectivity index (χ0v) is 12.5. The van der Waals surface area contributed by atoms with E-state index in [0.717, 1.165) is 0 Å². The van der Waals surface area contributed by atoms with Crippen LogP contribution in [0.3, 0.4) is 0 Å². The van der Waals surface area contributed by atoms with Gasteiger partial charge in [-0.3, -0.25) is 4.79 Å². The number of rotatable bonds is 3. The van der Waals surface area contributed by atoms with Crippen molar-refractivity contribution in [2.45, 2.75) is 6.92 Å². The second-order valence-corrected chi connectivity index (χ2v) is 4.59. The third-order valence-corrected chi connectivity index (χ3v) is 3.20. The number of carbonyl (C=O) groups is 2. The van der Waals surface area contributed by atoms with E-state index in [9.17, 15) is 14.4 Å². The summed E-state index contributed by atoms with van der Waals surface area (Å²) >= 11 is 0. The zero-order chi connectivity index (χ0) is 16.3. The Morgan fingerprint density at radius 1 is 1.00 bits per heavy atom. The molecule has 1 aromatic heterocycles. The normalized spacial score (nSPS) is 10.1. The van der Waals surface area contributed by atoms with Crippen LogP contribution in [-0.2, 0) is 9.47 Å². The smallest absolute Gasteiger partial charge is 0.339 e. The molecule has 1 heterocycles. The molecule has 0 saturated heterocycles. The summed E-state index contributed by atoms with van der Waals surface area (Å²) in [5, 5.41) is 0. The molecule has 6 heteroatoms. The lowest BCUT2D eigenvalue weighted by Crippen LogP contribution is -2.14. The standard InChI is InChI=1S/C16H15NO5/c1-10-8-12(18)6-7-17(10)14-9-11(15(19)21-2)4-5-13(14)16(20)22-3/h4-9H,1-3H3. The van der Waals surface area contributed by atoms with Gasteiger partial charge in [0.1, 0.15) is 0 Å². The minimum Gasteiger partial charge on any atom is -0.465 e. The van der Waals surface area contributed by atoms with E-state index in [4.69, 9.17) is 4.74 Å². The number of methoxy groups -OCH3 is 2. The highest BCUT2D eigenvalue weighted by atomic mass is 16.5. The quantitative estimate of drug-likeness (QED) is 0.807. The van der Waals surface area contributed by atoms with Crippen LogP contribution < -0.4 is 5.43 Å². The predicted octanol–water partition coefficient (Wildman–Crippen LogP) is 1.72. The van der Waals surface area contributed by atoms with E-state index in [1.807, 2.05) is 0 Å². The van der Waals surface area contributed by atoms with Crippen LogP contribution in [0.1, 0.15) is 26.4 Å². The predicted molar refractivity (Wildman–Crippen MR) is 79.5 cm³/mol. The lowest BCUT2D eigenvalue weighted by molar-refractivity contribution is 0.0586. The van der Waals surface area contributed by atoms with Gasteiger partial charge in [-0.15, -0.1) is 0 Å². The lowest BCUT2D eigenvalue weighted by atomic mass is 10.1. The average molecular weight is 301 g/mol. The third-order valence-electron chi connectivity index (χ3n) is 3.20. The Kier molecular flexibility index (Phi) is 4.41. The minimum atomic E-state index is -0.537. The van der Waals surface area contributed by atoms with Gasteiger partial charge in [0.25, 0.3) is 0 Å². The van der Waals surface area contributed by atoms with Crippen LogP contribution in [0, 0.1) is 6.92 Å².